The molecule has 1 aromatic rings. The van der Waals surface area contributed by atoms with Gasteiger partial charge < -0.3 is 23.7 Å². The van der Waals surface area contributed by atoms with Crippen molar-refractivity contribution in [3.05, 3.63) is 36.4 Å². The quantitative estimate of drug-likeness (QED) is 0.579. The van der Waals surface area contributed by atoms with Crippen molar-refractivity contribution in [3.8, 4) is 11.5 Å². The van der Waals surface area contributed by atoms with Crippen LogP contribution in [0.5, 0.6) is 11.5 Å². The second-order valence-corrected chi connectivity index (χ2v) is 5.10. The first kappa shape index (κ1) is 17.8. The highest BCUT2D eigenvalue weighted by molar-refractivity contribution is 5.66. The van der Waals surface area contributed by atoms with Gasteiger partial charge in [0, 0.05) is 13.8 Å². The summed E-state index contributed by atoms with van der Waals surface area (Å²) in [7, 11) is 1.58. The standard InChI is InChI=1S/C17H20O7/c1-11(18)21-10-16-15(22-12(2)19)8-9-17(24-16)23-14-6-4-13(20-3)5-7-14/h4-9,15-17H,10H2,1-3H3/t15-,16+,17+/m0/s1. The van der Waals surface area contributed by atoms with Crippen LogP contribution >= 0.6 is 0 Å². The van der Waals surface area contributed by atoms with E-state index >= 15 is 0 Å². The molecule has 0 radical (unpaired) electrons. The van der Waals surface area contributed by atoms with Crippen molar-refractivity contribution in [2.24, 2.45) is 0 Å². The third-order valence-electron chi connectivity index (χ3n) is 3.20. The number of rotatable bonds is 6. The summed E-state index contributed by atoms with van der Waals surface area (Å²) in [6.45, 7) is 2.56. The first-order valence-electron chi connectivity index (χ1n) is 7.43. The lowest BCUT2D eigenvalue weighted by molar-refractivity contribution is -0.178. The maximum Gasteiger partial charge on any atom is 0.303 e. The first-order valence-corrected chi connectivity index (χ1v) is 7.43. The van der Waals surface area contributed by atoms with E-state index in [1.807, 2.05) is 0 Å². The van der Waals surface area contributed by atoms with Gasteiger partial charge in [-0.15, -0.1) is 0 Å². The lowest BCUT2D eigenvalue weighted by Crippen LogP contribution is -2.42. The van der Waals surface area contributed by atoms with Crippen LogP contribution in [0.1, 0.15) is 13.8 Å². The van der Waals surface area contributed by atoms with Gasteiger partial charge in [0.25, 0.3) is 0 Å². The number of carbonyl (C=O) groups is 2. The normalized spacial score (nSPS) is 22.5. The minimum absolute atomic E-state index is 0.0416. The number of ether oxygens (including phenoxy) is 5. The number of benzene rings is 1. The molecular weight excluding hydrogens is 316 g/mol. The molecule has 3 atom stereocenters. The zero-order chi connectivity index (χ0) is 17.5. The van der Waals surface area contributed by atoms with Gasteiger partial charge in [-0.25, -0.2) is 0 Å². The van der Waals surface area contributed by atoms with E-state index < -0.39 is 30.4 Å². The van der Waals surface area contributed by atoms with Gasteiger partial charge in [0.05, 0.1) is 7.11 Å². The Kier molecular flexibility index (Phi) is 6.20. The summed E-state index contributed by atoms with van der Waals surface area (Å²) in [5.41, 5.74) is 0. The molecule has 1 aliphatic rings. The summed E-state index contributed by atoms with van der Waals surface area (Å²) in [6.07, 6.45) is 1.32. The monoisotopic (exact) mass is 336 g/mol. The number of carbonyl (C=O) groups excluding carboxylic acids is 2. The summed E-state index contributed by atoms with van der Waals surface area (Å²) >= 11 is 0. The molecule has 0 fully saturated rings. The fourth-order valence-corrected chi connectivity index (χ4v) is 2.12. The van der Waals surface area contributed by atoms with E-state index in [0.717, 1.165) is 0 Å². The van der Waals surface area contributed by atoms with Gasteiger partial charge in [0.15, 0.2) is 0 Å². The predicted octanol–water partition coefficient (Wildman–Crippen LogP) is 1.85. The van der Waals surface area contributed by atoms with E-state index in [0.29, 0.717) is 11.5 Å². The lowest BCUT2D eigenvalue weighted by atomic mass is 10.1. The van der Waals surface area contributed by atoms with E-state index in [2.05, 4.69) is 0 Å². The summed E-state index contributed by atoms with van der Waals surface area (Å²) < 4.78 is 26.6. The topological polar surface area (TPSA) is 80.3 Å². The van der Waals surface area contributed by atoms with Crippen LogP contribution in [0.3, 0.4) is 0 Å². The highest BCUT2D eigenvalue weighted by atomic mass is 16.7. The molecule has 7 heteroatoms. The minimum atomic E-state index is -0.689. The third-order valence-corrected chi connectivity index (χ3v) is 3.20. The molecular formula is C17H20O7. The van der Waals surface area contributed by atoms with Crippen LogP contribution in [-0.2, 0) is 23.8 Å². The van der Waals surface area contributed by atoms with Crippen LogP contribution < -0.4 is 9.47 Å². The molecule has 0 aliphatic carbocycles. The minimum Gasteiger partial charge on any atom is -0.497 e. The summed E-state index contributed by atoms with van der Waals surface area (Å²) in [4.78, 5) is 22.2. The van der Waals surface area contributed by atoms with Crippen molar-refractivity contribution in [2.75, 3.05) is 13.7 Å². The molecule has 1 aromatic carbocycles. The van der Waals surface area contributed by atoms with Crippen LogP contribution in [-0.4, -0.2) is 44.2 Å². The maximum atomic E-state index is 11.2. The molecule has 0 unspecified atom stereocenters. The highest BCUT2D eigenvalue weighted by Crippen LogP contribution is 2.22. The fourth-order valence-electron chi connectivity index (χ4n) is 2.12. The number of hydrogen-bond acceptors (Lipinski definition) is 7. The van der Waals surface area contributed by atoms with Gasteiger partial charge in [-0.05, 0) is 36.4 Å². The Balaban J connectivity index is 2.02. The maximum absolute atomic E-state index is 11.2. The van der Waals surface area contributed by atoms with Crippen LogP contribution in [0.4, 0.5) is 0 Å². The van der Waals surface area contributed by atoms with Crippen molar-refractivity contribution in [3.63, 3.8) is 0 Å². The smallest absolute Gasteiger partial charge is 0.303 e. The Hall–Kier alpha value is -2.54. The van der Waals surface area contributed by atoms with Crippen molar-refractivity contribution in [2.45, 2.75) is 32.3 Å². The second-order valence-electron chi connectivity index (χ2n) is 5.10. The van der Waals surface area contributed by atoms with Crippen LogP contribution in [0.15, 0.2) is 36.4 Å². The first-order chi connectivity index (χ1) is 11.5. The van der Waals surface area contributed by atoms with Gasteiger partial charge in [-0.3, -0.25) is 9.59 Å². The summed E-state index contributed by atoms with van der Waals surface area (Å²) in [6, 6.07) is 7.02. The molecule has 130 valence electrons. The average molecular weight is 336 g/mol. The molecule has 0 saturated carbocycles. The van der Waals surface area contributed by atoms with E-state index in [1.165, 1.54) is 13.8 Å². The molecule has 0 aromatic heterocycles. The van der Waals surface area contributed by atoms with Crippen molar-refractivity contribution < 1.29 is 33.3 Å². The van der Waals surface area contributed by atoms with E-state index in [4.69, 9.17) is 23.7 Å². The largest absolute Gasteiger partial charge is 0.497 e. The molecule has 0 N–H and O–H groups in total. The molecule has 0 saturated heterocycles. The zero-order valence-electron chi connectivity index (χ0n) is 13.8. The molecule has 0 spiro atoms. The molecule has 1 heterocycles. The van der Waals surface area contributed by atoms with E-state index in [-0.39, 0.29) is 6.61 Å². The van der Waals surface area contributed by atoms with Gasteiger partial charge >= 0.3 is 11.9 Å². The van der Waals surface area contributed by atoms with Crippen molar-refractivity contribution >= 4 is 11.9 Å². The van der Waals surface area contributed by atoms with Crippen LogP contribution in [0.2, 0.25) is 0 Å². The van der Waals surface area contributed by atoms with Crippen LogP contribution in [0.25, 0.3) is 0 Å². The Labute approximate surface area is 140 Å². The fraction of sp³-hybridized carbons (Fsp3) is 0.412. The number of methoxy groups -OCH3 is 1. The van der Waals surface area contributed by atoms with Crippen LogP contribution in [0, 0.1) is 0 Å². The third kappa shape index (κ3) is 5.27. The Morgan fingerprint density at radius 2 is 1.71 bits per heavy atom. The molecule has 2 rings (SSSR count). The SMILES string of the molecule is COc1ccc(O[C@H]2C=C[C@H](OC(C)=O)[C@@H](COC(C)=O)O2)cc1. The summed E-state index contributed by atoms with van der Waals surface area (Å²) in [5, 5.41) is 0. The number of hydrogen-bond donors (Lipinski definition) is 0. The molecule has 0 amide bonds. The lowest BCUT2D eigenvalue weighted by Gasteiger charge is -2.31. The highest BCUT2D eigenvalue weighted by Gasteiger charge is 2.31. The van der Waals surface area contributed by atoms with Gasteiger partial charge in [0.1, 0.15) is 30.3 Å². The molecule has 1 aliphatic heterocycles. The summed E-state index contributed by atoms with van der Waals surface area (Å²) in [5.74, 6) is 0.408. The van der Waals surface area contributed by atoms with Gasteiger partial charge in [0.2, 0.25) is 6.29 Å². The van der Waals surface area contributed by atoms with E-state index in [1.54, 1.807) is 43.5 Å². The van der Waals surface area contributed by atoms with Crippen molar-refractivity contribution in [1.82, 2.24) is 0 Å². The Morgan fingerprint density at radius 1 is 1.04 bits per heavy atom. The number of esters is 2. The Morgan fingerprint density at radius 3 is 2.29 bits per heavy atom. The predicted molar refractivity (Wildman–Crippen MR) is 83.6 cm³/mol. The Bertz CT molecular complexity index is 593. The molecule has 7 nitrogen and oxygen atoms in total. The average Bonchev–Trinajstić information content (AvgIpc) is 2.55. The molecule has 24 heavy (non-hydrogen) atoms. The van der Waals surface area contributed by atoms with Gasteiger partial charge in [-0.1, -0.05) is 0 Å². The zero-order valence-corrected chi connectivity index (χ0v) is 13.8. The van der Waals surface area contributed by atoms with Gasteiger partial charge in [-0.2, -0.15) is 0 Å². The second kappa shape index (κ2) is 8.35. The van der Waals surface area contributed by atoms with Crippen molar-refractivity contribution in [1.29, 1.82) is 0 Å². The van der Waals surface area contributed by atoms with E-state index in [9.17, 15) is 9.59 Å². The molecule has 0 bridgehead atoms.